The van der Waals surface area contributed by atoms with Gasteiger partial charge in [0.15, 0.2) is 0 Å². The summed E-state index contributed by atoms with van der Waals surface area (Å²) in [6.45, 7) is 2.00. The lowest BCUT2D eigenvalue weighted by atomic mass is 9.81. The quantitative estimate of drug-likeness (QED) is 0.825. The van der Waals surface area contributed by atoms with Gasteiger partial charge in [-0.15, -0.1) is 0 Å². The number of methoxy groups -OCH3 is 1. The molecule has 0 atom stereocenters. The van der Waals surface area contributed by atoms with E-state index in [9.17, 15) is 9.59 Å². The second-order valence-electron chi connectivity index (χ2n) is 7.13. The van der Waals surface area contributed by atoms with E-state index in [2.05, 4.69) is 10.6 Å². The predicted molar refractivity (Wildman–Crippen MR) is 107 cm³/mol. The molecule has 0 radical (unpaired) electrons. The highest BCUT2D eigenvalue weighted by Crippen LogP contribution is 2.31. The van der Waals surface area contributed by atoms with Crippen LogP contribution in [0.3, 0.4) is 0 Å². The fourth-order valence-corrected chi connectivity index (χ4v) is 3.53. The van der Waals surface area contributed by atoms with Crippen molar-refractivity contribution < 1.29 is 14.3 Å². The van der Waals surface area contributed by atoms with Crippen molar-refractivity contribution in [2.75, 3.05) is 17.7 Å². The molecule has 0 saturated heterocycles. The van der Waals surface area contributed by atoms with Gasteiger partial charge in [-0.2, -0.15) is 0 Å². The van der Waals surface area contributed by atoms with Crippen LogP contribution in [0, 0.1) is 18.8 Å². The first-order valence-electron chi connectivity index (χ1n) is 9.37. The Balaban J connectivity index is 1.50. The summed E-state index contributed by atoms with van der Waals surface area (Å²) in [7, 11) is 1.60. The SMILES string of the molecule is COc1cccc(NC(=O)C2CCC(C(=O)Nc3cccc(C)c3)CC2)c1. The van der Waals surface area contributed by atoms with Crippen molar-refractivity contribution in [3.05, 3.63) is 54.1 Å². The van der Waals surface area contributed by atoms with Gasteiger partial charge in [0.1, 0.15) is 5.75 Å². The minimum absolute atomic E-state index is 0.0146. The number of rotatable bonds is 5. The minimum atomic E-state index is -0.0563. The van der Waals surface area contributed by atoms with Crippen LogP contribution in [0.1, 0.15) is 31.2 Å². The van der Waals surface area contributed by atoms with Crippen molar-refractivity contribution in [1.29, 1.82) is 0 Å². The molecule has 0 heterocycles. The molecule has 2 amide bonds. The highest BCUT2D eigenvalue weighted by atomic mass is 16.5. The van der Waals surface area contributed by atoms with E-state index >= 15 is 0 Å². The number of ether oxygens (including phenoxy) is 1. The second kappa shape index (κ2) is 8.71. The Labute approximate surface area is 160 Å². The maximum absolute atomic E-state index is 12.5. The third-order valence-corrected chi connectivity index (χ3v) is 5.09. The number of hydrogen-bond acceptors (Lipinski definition) is 3. The minimum Gasteiger partial charge on any atom is -0.497 e. The number of carbonyl (C=O) groups excluding carboxylic acids is 2. The number of anilines is 2. The van der Waals surface area contributed by atoms with Gasteiger partial charge in [-0.3, -0.25) is 9.59 Å². The van der Waals surface area contributed by atoms with Crippen molar-refractivity contribution in [2.45, 2.75) is 32.6 Å². The van der Waals surface area contributed by atoms with Crippen LogP contribution in [-0.2, 0) is 9.59 Å². The first kappa shape index (κ1) is 19.0. The first-order chi connectivity index (χ1) is 13.0. The Kier molecular flexibility index (Phi) is 6.12. The first-order valence-corrected chi connectivity index (χ1v) is 9.37. The van der Waals surface area contributed by atoms with Gasteiger partial charge in [0.05, 0.1) is 7.11 Å². The molecular weight excluding hydrogens is 340 g/mol. The Morgan fingerprint density at radius 2 is 1.37 bits per heavy atom. The predicted octanol–water partition coefficient (Wildman–Crippen LogP) is 4.39. The van der Waals surface area contributed by atoms with Crippen LogP contribution >= 0.6 is 0 Å². The number of hydrogen-bond donors (Lipinski definition) is 2. The van der Waals surface area contributed by atoms with Crippen LogP contribution in [-0.4, -0.2) is 18.9 Å². The standard InChI is InChI=1S/C22H26N2O3/c1-15-5-3-6-18(13-15)23-21(25)16-9-11-17(12-10-16)22(26)24-19-7-4-8-20(14-19)27-2/h3-8,13-14,16-17H,9-12H2,1-2H3,(H,23,25)(H,24,26). The van der Waals surface area contributed by atoms with Crippen molar-refractivity contribution in [3.8, 4) is 5.75 Å². The van der Waals surface area contributed by atoms with E-state index in [-0.39, 0.29) is 23.7 Å². The van der Waals surface area contributed by atoms with Gasteiger partial charge in [-0.1, -0.05) is 18.2 Å². The molecule has 2 aromatic carbocycles. The van der Waals surface area contributed by atoms with Crippen molar-refractivity contribution >= 4 is 23.2 Å². The molecule has 1 aliphatic rings. The van der Waals surface area contributed by atoms with E-state index in [4.69, 9.17) is 4.74 Å². The number of nitrogens with one attached hydrogen (secondary N) is 2. The molecule has 0 aromatic heterocycles. The third kappa shape index (κ3) is 5.09. The number of carbonyl (C=O) groups is 2. The summed E-state index contributed by atoms with van der Waals surface area (Å²) in [6, 6.07) is 15.1. The Bertz CT molecular complexity index is 811. The molecular formula is C22H26N2O3. The second-order valence-corrected chi connectivity index (χ2v) is 7.13. The number of aryl methyl sites for hydroxylation is 1. The van der Waals surface area contributed by atoms with Gasteiger partial charge in [0.2, 0.25) is 11.8 Å². The van der Waals surface area contributed by atoms with E-state index in [0.29, 0.717) is 5.75 Å². The summed E-state index contributed by atoms with van der Waals surface area (Å²) in [6.07, 6.45) is 2.91. The van der Waals surface area contributed by atoms with E-state index in [1.165, 1.54) is 0 Å². The third-order valence-electron chi connectivity index (χ3n) is 5.09. The van der Waals surface area contributed by atoms with Crippen LogP contribution in [0.4, 0.5) is 11.4 Å². The molecule has 0 unspecified atom stereocenters. The normalized spacial score (nSPS) is 19.2. The lowest BCUT2D eigenvalue weighted by Crippen LogP contribution is -2.32. The van der Waals surface area contributed by atoms with Gasteiger partial charge in [0.25, 0.3) is 0 Å². The molecule has 0 aliphatic heterocycles. The highest BCUT2D eigenvalue weighted by Gasteiger charge is 2.30. The summed E-state index contributed by atoms with van der Waals surface area (Å²) < 4.78 is 5.18. The zero-order chi connectivity index (χ0) is 19.2. The summed E-state index contributed by atoms with van der Waals surface area (Å²) in [5.74, 6) is 0.683. The topological polar surface area (TPSA) is 67.4 Å². The molecule has 27 heavy (non-hydrogen) atoms. The van der Waals surface area contributed by atoms with Gasteiger partial charge in [-0.05, 0) is 62.4 Å². The van der Waals surface area contributed by atoms with Crippen LogP contribution in [0.2, 0.25) is 0 Å². The van der Waals surface area contributed by atoms with Crippen molar-refractivity contribution in [2.24, 2.45) is 11.8 Å². The molecule has 0 bridgehead atoms. The summed E-state index contributed by atoms with van der Waals surface area (Å²) in [4.78, 5) is 25.0. The monoisotopic (exact) mass is 366 g/mol. The van der Waals surface area contributed by atoms with E-state index in [0.717, 1.165) is 42.6 Å². The van der Waals surface area contributed by atoms with Crippen LogP contribution in [0.15, 0.2) is 48.5 Å². The molecule has 2 aromatic rings. The molecule has 5 heteroatoms. The van der Waals surface area contributed by atoms with Crippen molar-refractivity contribution in [3.63, 3.8) is 0 Å². The van der Waals surface area contributed by atoms with Crippen LogP contribution in [0.5, 0.6) is 5.75 Å². The largest absolute Gasteiger partial charge is 0.497 e. The van der Waals surface area contributed by atoms with Gasteiger partial charge >= 0.3 is 0 Å². The highest BCUT2D eigenvalue weighted by molar-refractivity contribution is 5.94. The fraction of sp³-hybridized carbons (Fsp3) is 0.364. The molecule has 5 nitrogen and oxygen atoms in total. The molecule has 1 saturated carbocycles. The summed E-state index contributed by atoms with van der Waals surface area (Å²) >= 11 is 0. The molecule has 2 N–H and O–H groups in total. The maximum atomic E-state index is 12.5. The molecule has 3 rings (SSSR count). The summed E-state index contributed by atoms with van der Waals surface area (Å²) in [5.41, 5.74) is 2.68. The van der Waals surface area contributed by atoms with E-state index < -0.39 is 0 Å². The number of amides is 2. The molecule has 1 fully saturated rings. The van der Waals surface area contributed by atoms with Crippen LogP contribution < -0.4 is 15.4 Å². The average Bonchev–Trinajstić information content (AvgIpc) is 2.68. The smallest absolute Gasteiger partial charge is 0.227 e. The Morgan fingerprint density at radius 3 is 1.89 bits per heavy atom. The molecule has 142 valence electrons. The number of benzene rings is 2. The molecule has 1 aliphatic carbocycles. The maximum Gasteiger partial charge on any atom is 0.227 e. The zero-order valence-electron chi connectivity index (χ0n) is 15.8. The van der Waals surface area contributed by atoms with Gasteiger partial charge < -0.3 is 15.4 Å². The fourth-order valence-electron chi connectivity index (χ4n) is 3.53. The van der Waals surface area contributed by atoms with Crippen molar-refractivity contribution in [1.82, 2.24) is 0 Å². The van der Waals surface area contributed by atoms with E-state index in [1.54, 1.807) is 13.2 Å². The Morgan fingerprint density at radius 1 is 0.852 bits per heavy atom. The van der Waals surface area contributed by atoms with Gasteiger partial charge in [-0.25, -0.2) is 0 Å². The van der Waals surface area contributed by atoms with Gasteiger partial charge in [0, 0.05) is 29.3 Å². The average molecular weight is 366 g/mol. The van der Waals surface area contributed by atoms with Crippen LogP contribution in [0.25, 0.3) is 0 Å². The van der Waals surface area contributed by atoms with E-state index in [1.807, 2.05) is 49.4 Å². The lowest BCUT2D eigenvalue weighted by molar-refractivity contribution is -0.125. The summed E-state index contributed by atoms with van der Waals surface area (Å²) in [5, 5.41) is 5.95. The zero-order valence-corrected chi connectivity index (χ0v) is 15.8. The molecule has 0 spiro atoms. The Hall–Kier alpha value is -2.82. The lowest BCUT2D eigenvalue weighted by Gasteiger charge is -2.27.